The van der Waals surface area contributed by atoms with E-state index in [1.54, 1.807) is 19.2 Å². The maximum atomic E-state index is 13.2. The predicted molar refractivity (Wildman–Crippen MR) is 92.2 cm³/mol. The van der Waals surface area contributed by atoms with Gasteiger partial charge >= 0.3 is 0 Å². The number of benzene rings is 2. The zero-order valence-electron chi connectivity index (χ0n) is 13.2. The molecule has 3 rings (SSSR count). The number of nitrogens with two attached hydrogens (primary N) is 1. The van der Waals surface area contributed by atoms with Gasteiger partial charge in [-0.3, -0.25) is 0 Å². The predicted octanol–water partition coefficient (Wildman–Crippen LogP) is 3.49. The number of hydrogen-bond acceptors (Lipinski definition) is 5. The standard InChI is InChI=1S/C18H17FN4O/c1-24-15-7-3-5-13(9-15)16-10-17(23-18(20)22-16)21-11-12-4-2-6-14(19)8-12/h2-10H,11H2,1H3,(H3,20,21,22,23). The van der Waals surface area contributed by atoms with Crippen LogP contribution in [0.15, 0.2) is 54.6 Å². The minimum Gasteiger partial charge on any atom is -0.497 e. The lowest BCUT2D eigenvalue weighted by atomic mass is 10.1. The number of nitrogen functional groups attached to an aromatic ring is 1. The van der Waals surface area contributed by atoms with Crippen molar-refractivity contribution in [3.05, 3.63) is 66.0 Å². The number of rotatable bonds is 5. The molecule has 0 aliphatic rings. The summed E-state index contributed by atoms with van der Waals surface area (Å²) in [6.07, 6.45) is 0. The van der Waals surface area contributed by atoms with Crippen LogP contribution in [-0.2, 0) is 6.54 Å². The van der Waals surface area contributed by atoms with Crippen LogP contribution in [-0.4, -0.2) is 17.1 Å². The lowest BCUT2D eigenvalue weighted by molar-refractivity contribution is 0.415. The van der Waals surface area contributed by atoms with E-state index in [2.05, 4.69) is 15.3 Å². The molecule has 0 aliphatic heterocycles. The minimum atomic E-state index is -0.270. The summed E-state index contributed by atoms with van der Waals surface area (Å²) in [4.78, 5) is 8.43. The van der Waals surface area contributed by atoms with Crippen LogP contribution in [0.1, 0.15) is 5.56 Å². The maximum absolute atomic E-state index is 13.2. The summed E-state index contributed by atoms with van der Waals surface area (Å²) in [5.41, 5.74) is 8.18. The second-order valence-electron chi connectivity index (χ2n) is 5.21. The Morgan fingerprint density at radius 1 is 1.08 bits per heavy atom. The Kier molecular flexibility index (Phi) is 4.56. The van der Waals surface area contributed by atoms with Crippen LogP contribution >= 0.6 is 0 Å². The monoisotopic (exact) mass is 324 g/mol. The van der Waals surface area contributed by atoms with Crippen molar-refractivity contribution in [2.75, 3.05) is 18.2 Å². The fourth-order valence-corrected chi connectivity index (χ4v) is 2.33. The van der Waals surface area contributed by atoms with Gasteiger partial charge in [0.2, 0.25) is 5.95 Å². The molecular weight excluding hydrogens is 307 g/mol. The van der Waals surface area contributed by atoms with Crippen molar-refractivity contribution in [1.29, 1.82) is 0 Å². The van der Waals surface area contributed by atoms with Gasteiger partial charge in [0.05, 0.1) is 12.8 Å². The second kappa shape index (κ2) is 6.95. The number of aromatic nitrogens is 2. The average Bonchev–Trinajstić information content (AvgIpc) is 2.60. The van der Waals surface area contributed by atoms with Gasteiger partial charge in [-0.1, -0.05) is 24.3 Å². The molecule has 0 aliphatic carbocycles. The smallest absolute Gasteiger partial charge is 0.222 e. The molecule has 1 heterocycles. The maximum Gasteiger partial charge on any atom is 0.222 e. The Balaban J connectivity index is 1.83. The molecule has 3 aromatic rings. The van der Waals surface area contributed by atoms with Gasteiger partial charge in [-0.25, -0.2) is 9.37 Å². The molecule has 0 unspecified atom stereocenters. The molecule has 6 heteroatoms. The lowest BCUT2D eigenvalue weighted by Gasteiger charge is -2.09. The van der Waals surface area contributed by atoms with Crippen molar-refractivity contribution >= 4 is 11.8 Å². The Morgan fingerprint density at radius 3 is 2.71 bits per heavy atom. The van der Waals surface area contributed by atoms with E-state index in [0.717, 1.165) is 16.9 Å². The summed E-state index contributed by atoms with van der Waals surface area (Å²) in [5, 5.41) is 3.14. The molecule has 0 saturated carbocycles. The van der Waals surface area contributed by atoms with Crippen LogP contribution < -0.4 is 15.8 Å². The Morgan fingerprint density at radius 2 is 1.92 bits per heavy atom. The van der Waals surface area contributed by atoms with Crippen LogP contribution in [0.25, 0.3) is 11.3 Å². The van der Waals surface area contributed by atoms with Gasteiger partial charge in [0.1, 0.15) is 17.4 Å². The zero-order valence-corrected chi connectivity index (χ0v) is 13.2. The highest BCUT2D eigenvalue weighted by molar-refractivity contribution is 5.65. The number of anilines is 2. The molecule has 0 fully saturated rings. The van der Waals surface area contributed by atoms with Crippen molar-refractivity contribution in [1.82, 2.24) is 9.97 Å². The van der Waals surface area contributed by atoms with E-state index < -0.39 is 0 Å². The summed E-state index contributed by atoms with van der Waals surface area (Å²) in [5.74, 6) is 1.20. The summed E-state index contributed by atoms with van der Waals surface area (Å²) in [6.45, 7) is 0.436. The summed E-state index contributed by atoms with van der Waals surface area (Å²) >= 11 is 0. The molecule has 0 bridgehead atoms. The van der Waals surface area contributed by atoms with Gasteiger partial charge in [-0.15, -0.1) is 0 Å². The first-order valence-electron chi connectivity index (χ1n) is 7.41. The van der Waals surface area contributed by atoms with E-state index in [1.165, 1.54) is 12.1 Å². The van der Waals surface area contributed by atoms with Crippen molar-refractivity contribution < 1.29 is 9.13 Å². The van der Waals surface area contributed by atoms with Gasteiger partial charge in [0.25, 0.3) is 0 Å². The van der Waals surface area contributed by atoms with Gasteiger partial charge in [-0.05, 0) is 29.8 Å². The Bertz CT molecular complexity index is 854. The van der Waals surface area contributed by atoms with E-state index >= 15 is 0 Å². The third kappa shape index (κ3) is 3.78. The number of nitrogens with zero attached hydrogens (tertiary/aromatic N) is 2. The van der Waals surface area contributed by atoms with Crippen LogP contribution in [0.2, 0.25) is 0 Å². The number of halogens is 1. The van der Waals surface area contributed by atoms with Crippen LogP contribution in [0.4, 0.5) is 16.2 Å². The third-order valence-electron chi connectivity index (χ3n) is 3.47. The van der Waals surface area contributed by atoms with Crippen LogP contribution in [0.3, 0.4) is 0 Å². The van der Waals surface area contributed by atoms with Crippen LogP contribution in [0.5, 0.6) is 5.75 Å². The van der Waals surface area contributed by atoms with Crippen molar-refractivity contribution in [3.8, 4) is 17.0 Å². The lowest BCUT2D eigenvalue weighted by Crippen LogP contribution is -2.05. The number of nitrogens with one attached hydrogen (secondary N) is 1. The fourth-order valence-electron chi connectivity index (χ4n) is 2.33. The summed E-state index contributed by atoms with van der Waals surface area (Å²) in [7, 11) is 1.61. The SMILES string of the molecule is COc1cccc(-c2cc(NCc3cccc(F)c3)nc(N)n2)c1. The van der Waals surface area contributed by atoms with Crippen LogP contribution in [0, 0.1) is 5.82 Å². The van der Waals surface area contributed by atoms with E-state index in [9.17, 15) is 4.39 Å². The fraction of sp³-hybridized carbons (Fsp3) is 0.111. The molecule has 1 aromatic heterocycles. The van der Waals surface area contributed by atoms with Crippen molar-refractivity contribution in [2.24, 2.45) is 0 Å². The highest BCUT2D eigenvalue weighted by atomic mass is 19.1. The van der Waals surface area contributed by atoms with Gasteiger partial charge in [-0.2, -0.15) is 4.98 Å². The molecule has 3 N–H and O–H groups in total. The van der Waals surface area contributed by atoms with Gasteiger partial charge in [0, 0.05) is 18.2 Å². The molecule has 0 radical (unpaired) electrons. The molecule has 0 amide bonds. The molecule has 2 aromatic carbocycles. The highest BCUT2D eigenvalue weighted by Crippen LogP contribution is 2.24. The highest BCUT2D eigenvalue weighted by Gasteiger charge is 2.06. The Hall–Kier alpha value is -3.15. The van der Waals surface area contributed by atoms with E-state index in [0.29, 0.717) is 18.1 Å². The summed E-state index contributed by atoms with van der Waals surface area (Å²) in [6, 6.07) is 15.7. The van der Waals surface area contributed by atoms with E-state index in [4.69, 9.17) is 10.5 Å². The van der Waals surface area contributed by atoms with Crippen molar-refractivity contribution in [2.45, 2.75) is 6.54 Å². The first-order chi connectivity index (χ1) is 11.6. The average molecular weight is 324 g/mol. The molecule has 5 nitrogen and oxygen atoms in total. The Labute approximate surface area is 139 Å². The number of ether oxygens (including phenoxy) is 1. The molecular formula is C18H17FN4O. The van der Waals surface area contributed by atoms with E-state index in [1.807, 2.05) is 30.3 Å². The largest absolute Gasteiger partial charge is 0.497 e. The van der Waals surface area contributed by atoms with Gasteiger partial charge in [0.15, 0.2) is 0 Å². The summed E-state index contributed by atoms with van der Waals surface area (Å²) < 4.78 is 18.5. The van der Waals surface area contributed by atoms with Gasteiger partial charge < -0.3 is 15.8 Å². The minimum absolute atomic E-state index is 0.164. The third-order valence-corrected chi connectivity index (χ3v) is 3.47. The molecule has 24 heavy (non-hydrogen) atoms. The van der Waals surface area contributed by atoms with Crippen molar-refractivity contribution in [3.63, 3.8) is 0 Å². The molecule has 122 valence electrons. The van der Waals surface area contributed by atoms with E-state index in [-0.39, 0.29) is 11.8 Å². The number of methoxy groups -OCH3 is 1. The molecule has 0 spiro atoms. The molecule has 0 saturated heterocycles. The first kappa shape index (κ1) is 15.7. The first-order valence-corrected chi connectivity index (χ1v) is 7.41. The quantitative estimate of drug-likeness (QED) is 0.751. The zero-order chi connectivity index (χ0) is 16.9. The molecule has 0 atom stereocenters. The normalized spacial score (nSPS) is 10.4. The topological polar surface area (TPSA) is 73.1 Å². The second-order valence-corrected chi connectivity index (χ2v) is 5.21. The number of hydrogen-bond donors (Lipinski definition) is 2.